The number of nitrogens with zero attached hydrogens (tertiary/aromatic N) is 4. The summed E-state index contributed by atoms with van der Waals surface area (Å²) >= 11 is 0.366. The third kappa shape index (κ3) is 3.60. The fourth-order valence-electron chi connectivity index (χ4n) is 1.29. The average Bonchev–Trinajstić information content (AvgIpc) is 3.00. The summed E-state index contributed by atoms with van der Waals surface area (Å²) in [5.74, 6) is 0.124. The third-order valence-electron chi connectivity index (χ3n) is 2.09. The Bertz CT molecular complexity index is 663. The van der Waals surface area contributed by atoms with Crippen LogP contribution in [0.1, 0.15) is 5.69 Å². The molecule has 0 bridgehead atoms. The van der Waals surface area contributed by atoms with Crippen molar-refractivity contribution in [2.45, 2.75) is 6.42 Å². The summed E-state index contributed by atoms with van der Waals surface area (Å²) < 4.78 is 0. The maximum Gasteiger partial charge on any atom is 0.182 e. The summed E-state index contributed by atoms with van der Waals surface area (Å²) in [6.45, 7) is 0. The molecule has 3 aromatic heterocycles. The van der Waals surface area contributed by atoms with Crippen molar-refractivity contribution in [3.05, 3.63) is 28.4 Å². The molecular weight excluding hydrogens is 313 g/mol. The molecule has 0 atom stereocenters. The minimum atomic E-state index is -0.309. The molecule has 9 heteroatoms. The van der Waals surface area contributed by atoms with Crippen LogP contribution >= 0.6 is 0 Å². The van der Waals surface area contributed by atoms with Gasteiger partial charge in [0.05, 0.1) is 6.33 Å². The molecular formula is C10H11N7OSe. The largest absolute Gasteiger partial charge is 0.382 e. The van der Waals surface area contributed by atoms with Crippen molar-refractivity contribution in [3.63, 3.8) is 0 Å². The number of nitrogen functional groups attached to an aromatic ring is 1. The molecule has 0 aliphatic carbocycles. The van der Waals surface area contributed by atoms with Crippen molar-refractivity contribution in [2.75, 3.05) is 5.73 Å². The Hall–Kier alpha value is -2.25. The first-order valence-corrected chi connectivity index (χ1v) is 7.19. The Kier molecular flexibility index (Phi) is 4.22. The van der Waals surface area contributed by atoms with Gasteiger partial charge in [0.25, 0.3) is 0 Å². The minimum Gasteiger partial charge on any atom is -0.382 e. The zero-order valence-corrected chi connectivity index (χ0v) is 11.5. The number of fused-ring (bicyclic) bond motifs is 1. The first kappa shape index (κ1) is 13.2. The summed E-state index contributed by atoms with van der Waals surface area (Å²) in [7, 11) is 0. The molecule has 5 N–H and O–H groups in total. The van der Waals surface area contributed by atoms with Crippen molar-refractivity contribution in [2.24, 2.45) is 5.73 Å². The number of rotatable bonds is 2. The van der Waals surface area contributed by atoms with E-state index in [0.717, 1.165) is 5.69 Å². The molecule has 0 aliphatic rings. The molecule has 3 aromatic rings. The van der Waals surface area contributed by atoms with Crippen molar-refractivity contribution < 1.29 is 4.79 Å². The van der Waals surface area contributed by atoms with Crippen molar-refractivity contribution in [3.8, 4) is 0 Å². The zero-order valence-electron chi connectivity index (χ0n) is 9.78. The number of hydrogen-bond acceptors (Lipinski definition) is 6. The molecule has 0 unspecified atom stereocenters. The second-order valence-corrected chi connectivity index (χ2v) is 4.99. The van der Waals surface area contributed by atoms with Crippen LogP contribution in [0.15, 0.2) is 22.7 Å². The van der Waals surface area contributed by atoms with Crippen LogP contribution in [0, 0.1) is 0 Å². The fraction of sp³-hybridized carbons (Fsp3) is 0.100. The Morgan fingerprint density at radius 3 is 2.79 bits per heavy atom. The standard InChI is InChI=1S/C5H5N5.C5H6N2OSe/c6-4-3-5(9-1-7-3)10-2-8-4;6-5(8)1-4-2-9-3-7-4/h1-2H,(H3,6,7,8,9,10);2-3H,1H2,(H2,6,8). The van der Waals surface area contributed by atoms with Gasteiger partial charge in [0, 0.05) is 0 Å². The number of primary amides is 1. The molecule has 19 heavy (non-hydrogen) atoms. The van der Waals surface area contributed by atoms with Gasteiger partial charge in [-0.1, -0.05) is 0 Å². The van der Waals surface area contributed by atoms with Crippen molar-refractivity contribution in [1.29, 1.82) is 0 Å². The number of H-pyrrole nitrogens is 1. The Labute approximate surface area is 114 Å². The monoisotopic (exact) mass is 325 g/mol. The number of nitrogens with one attached hydrogen (secondary N) is 1. The summed E-state index contributed by atoms with van der Waals surface area (Å²) in [4.78, 5) is 30.5. The second kappa shape index (κ2) is 6.07. The quantitative estimate of drug-likeness (QED) is 0.523. The number of aromatic nitrogens is 5. The van der Waals surface area contributed by atoms with E-state index in [4.69, 9.17) is 11.5 Å². The SMILES string of the molecule is NC(=O)Cc1c[se]cn1.Nc1ncnc2nc[nH]c12. The van der Waals surface area contributed by atoms with E-state index >= 15 is 0 Å². The Balaban J connectivity index is 0.000000141. The number of carbonyl (C=O) groups excluding carboxylic acids is 1. The molecule has 98 valence electrons. The van der Waals surface area contributed by atoms with Gasteiger partial charge >= 0.3 is 58.0 Å². The Morgan fingerprint density at radius 2 is 2.16 bits per heavy atom. The van der Waals surface area contributed by atoms with E-state index in [9.17, 15) is 4.79 Å². The van der Waals surface area contributed by atoms with E-state index in [0.29, 0.717) is 31.5 Å². The van der Waals surface area contributed by atoms with Crippen molar-refractivity contribution in [1.82, 2.24) is 24.9 Å². The third-order valence-corrected chi connectivity index (χ3v) is 3.42. The first-order valence-electron chi connectivity index (χ1n) is 5.21. The minimum absolute atomic E-state index is 0.290. The van der Waals surface area contributed by atoms with Gasteiger partial charge in [-0.3, -0.25) is 0 Å². The van der Waals surface area contributed by atoms with E-state index < -0.39 is 0 Å². The molecule has 8 nitrogen and oxygen atoms in total. The second-order valence-electron chi connectivity index (χ2n) is 3.48. The molecule has 0 saturated heterocycles. The molecule has 1 amide bonds. The molecule has 0 saturated carbocycles. The molecule has 0 aromatic carbocycles. The predicted octanol–water partition coefficient (Wildman–Crippen LogP) is -0.899. The first-order chi connectivity index (χ1) is 9.16. The van der Waals surface area contributed by atoms with Crippen LogP contribution in [0.4, 0.5) is 5.82 Å². The number of aromatic amines is 1. The van der Waals surface area contributed by atoms with Crippen LogP contribution in [-0.4, -0.2) is 45.3 Å². The van der Waals surface area contributed by atoms with E-state index in [1.807, 2.05) is 10.0 Å². The number of hydrogen-bond donors (Lipinski definition) is 3. The smallest absolute Gasteiger partial charge is 0.182 e. The van der Waals surface area contributed by atoms with E-state index in [1.54, 1.807) is 0 Å². The number of nitrogens with two attached hydrogens (primary N) is 2. The summed E-state index contributed by atoms with van der Waals surface area (Å²) in [5.41, 5.74) is 12.5. The molecule has 0 aliphatic heterocycles. The summed E-state index contributed by atoms with van der Waals surface area (Å²) in [6.07, 6.45) is 3.21. The van der Waals surface area contributed by atoms with Crippen LogP contribution in [0.3, 0.4) is 0 Å². The predicted molar refractivity (Wildman–Crippen MR) is 70.2 cm³/mol. The van der Waals surface area contributed by atoms with Gasteiger partial charge in [-0.15, -0.1) is 0 Å². The van der Waals surface area contributed by atoms with Gasteiger partial charge in [-0.2, -0.15) is 0 Å². The van der Waals surface area contributed by atoms with E-state index in [-0.39, 0.29) is 12.3 Å². The molecule has 3 heterocycles. The maximum absolute atomic E-state index is 10.3. The number of imidazole rings is 1. The topological polar surface area (TPSA) is 136 Å². The van der Waals surface area contributed by atoms with Gasteiger partial charge in [-0.25, -0.2) is 15.0 Å². The fourth-order valence-corrected chi connectivity index (χ4v) is 2.46. The average molecular weight is 324 g/mol. The van der Waals surface area contributed by atoms with Crippen LogP contribution in [-0.2, 0) is 11.2 Å². The van der Waals surface area contributed by atoms with E-state index in [1.165, 1.54) is 12.7 Å². The molecule has 3 rings (SSSR count). The maximum atomic E-state index is 10.3. The number of amides is 1. The van der Waals surface area contributed by atoms with Crippen LogP contribution in [0.25, 0.3) is 11.2 Å². The van der Waals surface area contributed by atoms with Gasteiger partial charge in [0.1, 0.15) is 11.8 Å². The van der Waals surface area contributed by atoms with Crippen LogP contribution in [0.2, 0.25) is 0 Å². The van der Waals surface area contributed by atoms with Gasteiger partial charge < -0.3 is 10.7 Å². The molecule has 0 fully saturated rings. The number of anilines is 1. The molecule has 0 spiro atoms. The van der Waals surface area contributed by atoms with Gasteiger partial charge in [-0.05, 0) is 0 Å². The summed E-state index contributed by atoms with van der Waals surface area (Å²) in [6, 6.07) is 0. The molecule has 0 radical (unpaired) electrons. The Morgan fingerprint density at radius 1 is 1.32 bits per heavy atom. The van der Waals surface area contributed by atoms with Crippen LogP contribution in [0.5, 0.6) is 0 Å². The van der Waals surface area contributed by atoms with Crippen LogP contribution < -0.4 is 11.5 Å². The van der Waals surface area contributed by atoms with Crippen molar-refractivity contribution >= 4 is 37.4 Å². The summed E-state index contributed by atoms with van der Waals surface area (Å²) in [5, 5.41) is 1.82. The normalized spacial score (nSPS) is 9.89. The van der Waals surface area contributed by atoms with E-state index in [2.05, 4.69) is 24.9 Å². The van der Waals surface area contributed by atoms with Gasteiger partial charge in [0.15, 0.2) is 11.5 Å². The zero-order chi connectivity index (χ0) is 13.7. The number of carbonyl (C=O) groups is 1. The van der Waals surface area contributed by atoms with Gasteiger partial charge in [0.2, 0.25) is 0 Å².